The molecule has 0 N–H and O–H groups in total. The highest BCUT2D eigenvalue weighted by atomic mass is 16.5. The van der Waals surface area contributed by atoms with Crippen LogP contribution >= 0.6 is 0 Å². The first-order chi connectivity index (χ1) is 8.29. The Kier molecular flexibility index (Phi) is 7.21. The number of nitrogens with zero attached hydrogens (tertiary/aromatic N) is 1. The van der Waals surface area contributed by atoms with E-state index >= 15 is 0 Å². The molecule has 0 aromatic heterocycles. The number of ether oxygens (including phenoxy) is 2. The summed E-state index contributed by atoms with van der Waals surface area (Å²) in [4.78, 5) is 14.1. The van der Waals surface area contributed by atoms with Gasteiger partial charge in [0.15, 0.2) is 0 Å². The molecule has 0 saturated carbocycles. The number of hydrogen-bond donors (Lipinski definition) is 0. The van der Waals surface area contributed by atoms with Crippen molar-refractivity contribution in [3.05, 3.63) is 0 Å². The zero-order valence-electron chi connectivity index (χ0n) is 11.1. The van der Waals surface area contributed by atoms with Gasteiger partial charge in [-0.05, 0) is 19.3 Å². The van der Waals surface area contributed by atoms with Gasteiger partial charge in [-0.15, -0.1) is 0 Å². The molecule has 0 bridgehead atoms. The zero-order valence-corrected chi connectivity index (χ0v) is 11.1. The Balaban J connectivity index is 2.35. The highest BCUT2D eigenvalue weighted by Gasteiger charge is 2.23. The first-order valence-electron chi connectivity index (χ1n) is 6.65. The molecular weight excluding hydrogens is 218 g/mol. The Bertz CT molecular complexity index is 221. The predicted molar refractivity (Wildman–Crippen MR) is 67.0 cm³/mol. The van der Waals surface area contributed by atoms with E-state index in [1.54, 1.807) is 7.11 Å². The SMILES string of the molecule is CCC1CCCCCN1C(=O)COCCOC. The Morgan fingerprint density at radius 2 is 2.12 bits per heavy atom. The highest BCUT2D eigenvalue weighted by molar-refractivity contribution is 5.77. The number of hydrogen-bond acceptors (Lipinski definition) is 3. The summed E-state index contributed by atoms with van der Waals surface area (Å²) in [5, 5.41) is 0. The minimum atomic E-state index is 0.134. The first kappa shape index (κ1) is 14.5. The molecule has 1 fully saturated rings. The number of likely N-dealkylation sites (tertiary alicyclic amines) is 1. The van der Waals surface area contributed by atoms with Gasteiger partial charge in [-0.3, -0.25) is 4.79 Å². The van der Waals surface area contributed by atoms with E-state index in [4.69, 9.17) is 9.47 Å². The normalized spacial score (nSPS) is 21.3. The monoisotopic (exact) mass is 243 g/mol. The average molecular weight is 243 g/mol. The first-order valence-corrected chi connectivity index (χ1v) is 6.65. The Hall–Kier alpha value is -0.610. The maximum absolute atomic E-state index is 12.0. The van der Waals surface area contributed by atoms with Crippen molar-refractivity contribution in [1.29, 1.82) is 0 Å². The van der Waals surface area contributed by atoms with Gasteiger partial charge in [0.1, 0.15) is 6.61 Å². The van der Waals surface area contributed by atoms with Crippen LogP contribution in [0.4, 0.5) is 0 Å². The Morgan fingerprint density at radius 1 is 1.29 bits per heavy atom. The van der Waals surface area contributed by atoms with Gasteiger partial charge in [0, 0.05) is 19.7 Å². The van der Waals surface area contributed by atoms with Gasteiger partial charge in [-0.25, -0.2) is 0 Å². The molecule has 1 unspecified atom stereocenters. The van der Waals surface area contributed by atoms with Gasteiger partial charge in [0.2, 0.25) is 5.91 Å². The van der Waals surface area contributed by atoms with Gasteiger partial charge in [0.25, 0.3) is 0 Å². The number of carbonyl (C=O) groups is 1. The fraction of sp³-hybridized carbons (Fsp3) is 0.923. The summed E-state index contributed by atoms with van der Waals surface area (Å²) in [6, 6.07) is 0.413. The van der Waals surface area contributed by atoms with Crippen molar-refractivity contribution in [3.8, 4) is 0 Å². The molecule has 0 spiro atoms. The summed E-state index contributed by atoms with van der Waals surface area (Å²) >= 11 is 0. The molecule has 1 atom stereocenters. The van der Waals surface area contributed by atoms with E-state index < -0.39 is 0 Å². The molecule has 0 aromatic rings. The van der Waals surface area contributed by atoms with Crippen LogP contribution in [-0.4, -0.2) is 50.3 Å². The molecule has 1 aliphatic rings. The average Bonchev–Trinajstić information content (AvgIpc) is 2.59. The Morgan fingerprint density at radius 3 is 2.82 bits per heavy atom. The summed E-state index contributed by atoms with van der Waals surface area (Å²) < 4.78 is 10.2. The number of carbonyl (C=O) groups excluding carboxylic acids is 1. The molecule has 4 nitrogen and oxygen atoms in total. The molecule has 1 aliphatic heterocycles. The van der Waals surface area contributed by atoms with Crippen molar-refractivity contribution >= 4 is 5.91 Å². The molecule has 0 aromatic carbocycles. The van der Waals surface area contributed by atoms with E-state index in [9.17, 15) is 4.79 Å². The minimum Gasteiger partial charge on any atom is -0.382 e. The van der Waals surface area contributed by atoms with Crippen molar-refractivity contribution in [3.63, 3.8) is 0 Å². The lowest BCUT2D eigenvalue weighted by Crippen LogP contribution is -2.41. The van der Waals surface area contributed by atoms with E-state index in [0.717, 1.165) is 25.8 Å². The third-order valence-electron chi connectivity index (χ3n) is 3.33. The van der Waals surface area contributed by atoms with E-state index in [-0.39, 0.29) is 12.5 Å². The topological polar surface area (TPSA) is 38.8 Å². The van der Waals surface area contributed by atoms with E-state index in [2.05, 4.69) is 6.92 Å². The van der Waals surface area contributed by atoms with Crippen LogP contribution in [0.15, 0.2) is 0 Å². The molecule has 4 heteroatoms. The van der Waals surface area contributed by atoms with Crippen molar-refractivity contribution in [2.45, 2.75) is 45.1 Å². The fourth-order valence-electron chi connectivity index (χ4n) is 2.31. The molecule has 0 aliphatic carbocycles. The molecule has 100 valence electrons. The van der Waals surface area contributed by atoms with Crippen molar-refractivity contribution in [2.75, 3.05) is 33.5 Å². The molecule has 1 saturated heterocycles. The molecule has 1 heterocycles. The lowest BCUT2D eigenvalue weighted by atomic mass is 10.1. The lowest BCUT2D eigenvalue weighted by molar-refractivity contribution is -0.139. The van der Waals surface area contributed by atoms with E-state index in [1.807, 2.05) is 4.90 Å². The van der Waals surface area contributed by atoms with Gasteiger partial charge >= 0.3 is 0 Å². The van der Waals surface area contributed by atoms with Crippen LogP contribution in [0, 0.1) is 0 Å². The van der Waals surface area contributed by atoms with Gasteiger partial charge in [0.05, 0.1) is 13.2 Å². The zero-order chi connectivity index (χ0) is 12.5. The van der Waals surface area contributed by atoms with Crippen LogP contribution in [-0.2, 0) is 14.3 Å². The second kappa shape index (κ2) is 8.48. The van der Waals surface area contributed by atoms with Crippen LogP contribution in [0.2, 0.25) is 0 Å². The standard InChI is InChI=1S/C13H25NO3/c1-3-12-7-5-4-6-8-14(12)13(15)11-17-10-9-16-2/h12H,3-11H2,1-2H3. The quantitative estimate of drug-likeness (QED) is 0.668. The second-order valence-corrected chi connectivity index (χ2v) is 4.54. The number of rotatable bonds is 6. The summed E-state index contributed by atoms with van der Waals surface area (Å²) in [5.74, 6) is 0.134. The molecule has 1 amide bonds. The smallest absolute Gasteiger partial charge is 0.248 e. The van der Waals surface area contributed by atoms with Gasteiger partial charge < -0.3 is 14.4 Å². The lowest BCUT2D eigenvalue weighted by Gasteiger charge is -2.29. The summed E-state index contributed by atoms with van der Waals surface area (Å²) in [5.41, 5.74) is 0. The number of amides is 1. The molecule has 17 heavy (non-hydrogen) atoms. The van der Waals surface area contributed by atoms with Crippen LogP contribution in [0.3, 0.4) is 0 Å². The summed E-state index contributed by atoms with van der Waals surface area (Å²) in [7, 11) is 1.63. The predicted octanol–water partition coefficient (Wildman–Crippen LogP) is 1.83. The summed E-state index contributed by atoms with van der Waals surface area (Å²) in [6.07, 6.45) is 5.79. The van der Waals surface area contributed by atoms with Gasteiger partial charge in [-0.1, -0.05) is 19.8 Å². The third-order valence-corrected chi connectivity index (χ3v) is 3.33. The summed E-state index contributed by atoms with van der Waals surface area (Å²) in [6.45, 7) is 4.28. The molecular formula is C13H25NO3. The largest absolute Gasteiger partial charge is 0.382 e. The highest BCUT2D eigenvalue weighted by Crippen LogP contribution is 2.19. The molecule has 0 radical (unpaired) electrons. The van der Waals surface area contributed by atoms with Crippen molar-refractivity contribution in [1.82, 2.24) is 4.90 Å². The van der Waals surface area contributed by atoms with E-state index in [1.165, 1.54) is 12.8 Å². The van der Waals surface area contributed by atoms with Crippen LogP contribution in [0.5, 0.6) is 0 Å². The van der Waals surface area contributed by atoms with Crippen LogP contribution in [0.25, 0.3) is 0 Å². The second-order valence-electron chi connectivity index (χ2n) is 4.54. The Labute approximate surface area is 104 Å². The van der Waals surface area contributed by atoms with Crippen LogP contribution in [0.1, 0.15) is 39.0 Å². The van der Waals surface area contributed by atoms with Crippen LogP contribution < -0.4 is 0 Å². The maximum atomic E-state index is 12.0. The van der Waals surface area contributed by atoms with Gasteiger partial charge in [-0.2, -0.15) is 0 Å². The maximum Gasteiger partial charge on any atom is 0.248 e. The number of methoxy groups -OCH3 is 1. The van der Waals surface area contributed by atoms with Crippen molar-refractivity contribution in [2.24, 2.45) is 0 Å². The fourth-order valence-corrected chi connectivity index (χ4v) is 2.31. The molecule has 1 rings (SSSR count). The van der Waals surface area contributed by atoms with Crippen molar-refractivity contribution < 1.29 is 14.3 Å². The van der Waals surface area contributed by atoms with E-state index in [0.29, 0.717) is 19.3 Å². The minimum absolute atomic E-state index is 0.134. The third kappa shape index (κ3) is 5.04.